The van der Waals surface area contributed by atoms with E-state index in [0.717, 1.165) is 184 Å². The first-order valence-electron chi connectivity index (χ1n) is 47.1. The van der Waals surface area contributed by atoms with Gasteiger partial charge in [-0.2, -0.15) is 81.6 Å². The van der Waals surface area contributed by atoms with Crippen LogP contribution >= 0.6 is 0 Å². The SMILES string of the molecule is C.CC(C)CCc1ccc(CCC(C)C)nn1.CC(C)CCc1ccnnc1CCC(C)C.CC(C)CCc1cnnc(CCC(C)C)c1.CC(C)CCc1cnncc1CCC(C)C.CC(C)Cc1ccc(CC(C)C)nn1.CC(C)Cc1ccnnc1CC(C)C.CC(C)Cc1cnnc(CC(C)C)c1.CC(C)Cc1cnncc1CC(C)C. The van der Waals surface area contributed by atoms with Crippen molar-refractivity contribution in [1.29, 1.82) is 0 Å². The van der Waals surface area contributed by atoms with Crippen molar-refractivity contribution in [1.82, 2.24) is 81.6 Å². The molecule has 0 bridgehead atoms. The Balaban J connectivity index is 0.00000136. The Morgan fingerprint density at radius 3 is 0.851 bits per heavy atom. The van der Waals surface area contributed by atoms with E-state index < -0.39 is 0 Å². The van der Waals surface area contributed by atoms with Crippen molar-refractivity contribution in [3.8, 4) is 0 Å². The van der Waals surface area contributed by atoms with Gasteiger partial charge >= 0.3 is 0 Å². The van der Waals surface area contributed by atoms with Gasteiger partial charge in [0.1, 0.15) is 0 Å². The number of aromatic nitrogens is 16. The van der Waals surface area contributed by atoms with E-state index in [0.29, 0.717) is 47.3 Å². The second kappa shape index (κ2) is 67.1. The molecule has 0 amide bonds. The first-order valence-corrected chi connectivity index (χ1v) is 47.1. The smallest absolute Gasteiger partial charge is 0.0665 e. The maximum Gasteiger partial charge on any atom is 0.0665 e. The molecule has 0 aliphatic heterocycles. The van der Waals surface area contributed by atoms with Crippen LogP contribution in [0.1, 0.15) is 370 Å². The molecule has 0 aromatic carbocycles. The summed E-state index contributed by atoms with van der Waals surface area (Å²) in [5, 5.41) is 65.8. The van der Waals surface area contributed by atoms with Gasteiger partial charge in [-0.1, -0.05) is 229 Å². The largest absolute Gasteiger partial charge is 0.159 e. The fourth-order valence-electron chi connectivity index (χ4n) is 12.7. The molecule has 0 saturated heterocycles. The van der Waals surface area contributed by atoms with Gasteiger partial charge < -0.3 is 0 Å². The Hall–Kier alpha value is -7.36. The summed E-state index contributed by atoms with van der Waals surface area (Å²) in [4.78, 5) is 0. The summed E-state index contributed by atoms with van der Waals surface area (Å²) in [6, 6.07) is 17.1. The van der Waals surface area contributed by atoms with Crippen molar-refractivity contribution in [2.45, 2.75) is 383 Å². The van der Waals surface area contributed by atoms with Crippen LogP contribution < -0.4 is 0 Å². The number of aryl methyl sites for hydroxylation is 8. The second-order valence-electron chi connectivity index (χ2n) is 40.5. The van der Waals surface area contributed by atoms with Crippen molar-refractivity contribution >= 4 is 0 Å². The van der Waals surface area contributed by atoms with E-state index in [1.54, 1.807) is 6.20 Å². The van der Waals surface area contributed by atoms with Crippen LogP contribution in [0.2, 0.25) is 0 Å². The summed E-state index contributed by atoms with van der Waals surface area (Å²) in [6.07, 6.45) is 42.1. The molecule has 0 saturated carbocycles. The molecular formula is C105H180N16. The van der Waals surface area contributed by atoms with Crippen LogP contribution in [0.25, 0.3) is 0 Å². The van der Waals surface area contributed by atoms with Crippen LogP contribution in [0.4, 0.5) is 0 Å². The average molecular weight is 1670 g/mol. The Morgan fingerprint density at radius 2 is 0.471 bits per heavy atom. The molecule has 0 aliphatic carbocycles. The Labute approximate surface area is 743 Å². The highest BCUT2D eigenvalue weighted by atomic mass is 15.1. The summed E-state index contributed by atoms with van der Waals surface area (Å²) >= 11 is 0. The molecule has 8 aromatic rings. The minimum Gasteiger partial charge on any atom is -0.159 e. The van der Waals surface area contributed by atoms with E-state index in [9.17, 15) is 0 Å². The third-order valence-corrected chi connectivity index (χ3v) is 19.5. The van der Waals surface area contributed by atoms with Crippen LogP contribution in [0.3, 0.4) is 0 Å². The molecule has 16 nitrogen and oxygen atoms in total. The summed E-state index contributed by atoms with van der Waals surface area (Å²) in [7, 11) is 0. The van der Waals surface area contributed by atoms with Gasteiger partial charge in [-0.25, -0.2) is 0 Å². The van der Waals surface area contributed by atoms with Gasteiger partial charge in [0.05, 0.1) is 82.7 Å². The number of hydrogen-bond donors (Lipinski definition) is 0. The maximum absolute atomic E-state index is 4.28. The van der Waals surface area contributed by atoms with E-state index >= 15 is 0 Å². The van der Waals surface area contributed by atoms with E-state index in [1.807, 2.05) is 43.4 Å². The standard InChI is InChI=1S/4C14H24N2.4C12H20N2.CH4/c1-11(2)5-7-13-9-15-16-10-14(13)8-6-12(3)4;1-11(2)5-7-13-9-14(16-15-10-13)8-6-12(3)4;1-11(2)5-7-13-9-10-15-16-14(13)8-6-12(3)4;1-11(2)5-7-13-9-10-14(16-15-13)8-6-12(3)4;1-9(2)5-11-7-13-14-8-12(11)6-10(3)4;1-9(2)5-11-7-12(6-10(3)4)14-13-8-11;1-9(2)7-11-5-6-13-14-12(11)8-10(3)4;1-9(2)7-11-5-6-12(14-13-11)8-10(3)4;/h4*9-12H,5-8H2,1-4H3;2*7-10H,5-6H2,1-4H3;2*5-6,9-10H,7-8H2,1-4H3;1H4. The molecule has 8 aromatic heterocycles. The summed E-state index contributed by atoms with van der Waals surface area (Å²) < 4.78 is 0. The van der Waals surface area contributed by atoms with Gasteiger partial charge in [0.15, 0.2) is 0 Å². The third-order valence-electron chi connectivity index (χ3n) is 19.5. The van der Waals surface area contributed by atoms with Crippen LogP contribution in [0, 0.1) is 94.7 Å². The Morgan fingerprint density at radius 1 is 0.182 bits per heavy atom. The van der Waals surface area contributed by atoms with Gasteiger partial charge in [0.2, 0.25) is 0 Å². The molecule has 8 heterocycles. The Bertz CT molecular complexity index is 3420. The van der Waals surface area contributed by atoms with Crippen molar-refractivity contribution < 1.29 is 0 Å². The van der Waals surface area contributed by atoms with Crippen molar-refractivity contribution in [2.24, 2.45) is 94.7 Å². The molecule has 121 heavy (non-hydrogen) atoms. The monoisotopic (exact) mass is 1670 g/mol. The van der Waals surface area contributed by atoms with Crippen LogP contribution in [-0.2, 0) is 103 Å². The van der Waals surface area contributed by atoms with Crippen LogP contribution in [0.15, 0.2) is 98.1 Å². The van der Waals surface area contributed by atoms with Gasteiger partial charge in [0, 0.05) is 12.4 Å². The topological polar surface area (TPSA) is 206 Å². The molecule has 0 N–H and O–H groups in total. The minimum absolute atomic E-state index is 0. The summed E-state index contributed by atoms with van der Waals surface area (Å²) in [5.74, 6) is 11.3. The lowest BCUT2D eigenvalue weighted by Gasteiger charge is -2.11. The lowest BCUT2D eigenvalue weighted by atomic mass is 9.95. The third kappa shape index (κ3) is 62.4. The van der Waals surface area contributed by atoms with Crippen molar-refractivity contribution in [3.63, 3.8) is 0 Å². The first-order chi connectivity index (χ1) is 56.7. The Kier molecular flexibility index (Phi) is 63.0. The van der Waals surface area contributed by atoms with Gasteiger partial charge in [-0.3, -0.25) is 0 Å². The molecule has 0 unspecified atom stereocenters. The zero-order valence-electron chi connectivity index (χ0n) is 82.6. The molecule has 0 spiro atoms. The number of nitrogens with zero attached hydrogens (tertiary/aromatic N) is 16. The van der Waals surface area contributed by atoms with Crippen LogP contribution in [-0.4, -0.2) is 81.6 Å². The highest BCUT2D eigenvalue weighted by Crippen LogP contribution is 2.22. The van der Waals surface area contributed by atoms with E-state index in [4.69, 9.17) is 0 Å². The maximum atomic E-state index is 4.28. The van der Waals surface area contributed by atoms with E-state index in [-0.39, 0.29) is 7.43 Å². The average Bonchev–Trinajstić information content (AvgIpc) is 0.874. The van der Waals surface area contributed by atoms with Gasteiger partial charge in [-0.05, 0) is 342 Å². The minimum atomic E-state index is 0. The van der Waals surface area contributed by atoms with Crippen molar-refractivity contribution in [3.05, 3.63) is 188 Å². The van der Waals surface area contributed by atoms with Gasteiger partial charge in [0.25, 0.3) is 0 Å². The number of rotatable bonds is 40. The summed E-state index contributed by atoms with van der Waals surface area (Å²) in [5.41, 5.74) is 20.0. The zero-order chi connectivity index (χ0) is 90.1. The van der Waals surface area contributed by atoms with E-state index in [2.05, 4.69) is 352 Å². The zero-order valence-corrected chi connectivity index (χ0v) is 82.6. The predicted octanol–water partition coefficient (Wildman–Crippen LogP) is 26.7. The fraction of sp³-hybridized carbons (Fsp3) is 0.695. The highest BCUT2D eigenvalue weighted by Gasteiger charge is 2.14. The van der Waals surface area contributed by atoms with Gasteiger partial charge in [-0.15, -0.1) is 0 Å². The lowest BCUT2D eigenvalue weighted by molar-refractivity contribution is 0.562. The molecule has 0 fully saturated rings. The fourth-order valence-corrected chi connectivity index (χ4v) is 12.7. The highest BCUT2D eigenvalue weighted by molar-refractivity contribution is 5.24. The quantitative estimate of drug-likeness (QED) is 0.0350. The normalized spacial score (nSPS) is 11.2. The number of hydrogen-bond acceptors (Lipinski definition) is 16. The molecular weight excluding hydrogens is 1490 g/mol. The van der Waals surface area contributed by atoms with Crippen LogP contribution in [0.5, 0.6) is 0 Å². The molecule has 680 valence electrons. The molecule has 0 aliphatic rings. The second-order valence-corrected chi connectivity index (χ2v) is 40.5. The molecule has 0 radical (unpaired) electrons. The van der Waals surface area contributed by atoms with Crippen molar-refractivity contribution in [2.75, 3.05) is 0 Å². The molecule has 16 heteroatoms. The van der Waals surface area contributed by atoms with E-state index in [1.165, 1.54) is 107 Å². The molecule has 0 atom stereocenters. The lowest BCUT2D eigenvalue weighted by Crippen LogP contribution is -2.06. The predicted molar refractivity (Wildman–Crippen MR) is 517 cm³/mol. The molecule has 8 rings (SSSR count). The first kappa shape index (κ1) is 114. The summed E-state index contributed by atoms with van der Waals surface area (Å²) in [6.45, 7) is 71.6.